The summed E-state index contributed by atoms with van der Waals surface area (Å²) in [7, 11) is 0. The molecule has 1 aromatic heterocycles. The van der Waals surface area contributed by atoms with Crippen LogP contribution in [0, 0.1) is 5.41 Å². The van der Waals surface area contributed by atoms with Crippen molar-refractivity contribution in [2.24, 2.45) is 5.41 Å². The second-order valence-corrected chi connectivity index (χ2v) is 6.15. The van der Waals surface area contributed by atoms with Gasteiger partial charge in [-0.25, -0.2) is 0 Å². The molecular formula is C14H23N3O3. The van der Waals surface area contributed by atoms with Crippen molar-refractivity contribution < 1.29 is 14.7 Å². The number of aromatic nitrogens is 2. The van der Waals surface area contributed by atoms with Crippen LogP contribution in [0.25, 0.3) is 0 Å². The largest absolute Gasteiger partial charge is 0.481 e. The highest BCUT2D eigenvalue weighted by molar-refractivity contribution is 5.77. The summed E-state index contributed by atoms with van der Waals surface area (Å²) in [5.74, 6) is -1.04. The van der Waals surface area contributed by atoms with Crippen molar-refractivity contribution >= 4 is 11.9 Å². The highest BCUT2D eigenvalue weighted by atomic mass is 16.4. The average molecular weight is 281 g/mol. The number of amides is 1. The van der Waals surface area contributed by atoms with Crippen molar-refractivity contribution in [3.05, 3.63) is 18.5 Å². The number of nitrogens with zero attached hydrogens (tertiary/aromatic N) is 2. The predicted octanol–water partition coefficient (Wildman–Crippen LogP) is 1.67. The molecule has 1 amide bonds. The molecule has 1 unspecified atom stereocenters. The Hall–Kier alpha value is -1.85. The van der Waals surface area contributed by atoms with Gasteiger partial charge in [0.2, 0.25) is 5.91 Å². The summed E-state index contributed by atoms with van der Waals surface area (Å²) in [6.45, 7) is 6.57. The molecule has 0 aliphatic heterocycles. The van der Waals surface area contributed by atoms with Gasteiger partial charge < -0.3 is 10.4 Å². The first-order valence-corrected chi connectivity index (χ1v) is 6.75. The number of carboxylic acids is 1. The normalized spacial score (nSPS) is 12.9. The molecule has 6 nitrogen and oxygen atoms in total. The number of carbonyl (C=O) groups is 2. The van der Waals surface area contributed by atoms with Crippen molar-refractivity contribution in [1.29, 1.82) is 0 Å². The maximum Gasteiger partial charge on any atom is 0.305 e. The zero-order valence-electron chi connectivity index (χ0n) is 12.3. The van der Waals surface area contributed by atoms with Crippen LogP contribution >= 0.6 is 0 Å². The molecule has 0 aliphatic rings. The summed E-state index contributed by atoms with van der Waals surface area (Å²) < 4.78 is 1.68. The van der Waals surface area contributed by atoms with Gasteiger partial charge in [-0.3, -0.25) is 14.3 Å². The van der Waals surface area contributed by atoms with Crippen LogP contribution in [0.5, 0.6) is 0 Å². The molecule has 2 N–H and O–H groups in total. The summed E-state index contributed by atoms with van der Waals surface area (Å²) in [5.41, 5.74) is -0.0324. The van der Waals surface area contributed by atoms with Gasteiger partial charge in [0.15, 0.2) is 0 Å². The highest BCUT2D eigenvalue weighted by Crippen LogP contribution is 2.22. The molecule has 6 heteroatoms. The quantitative estimate of drug-likeness (QED) is 0.796. The van der Waals surface area contributed by atoms with E-state index in [1.807, 2.05) is 20.8 Å². The van der Waals surface area contributed by atoms with Crippen LogP contribution in [0.1, 0.15) is 40.0 Å². The van der Waals surface area contributed by atoms with Crippen LogP contribution in [0.4, 0.5) is 0 Å². The lowest BCUT2D eigenvalue weighted by Gasteiger charge is -2.25. The lowest BCUT2D eigenvalue weighted by molar-refractivity contribution is -0.137. The molecule has 1 atom stereocenters. The van der Waals surface area contributed by atoms with Gasteiger partial charge in [0.1, 0.15) is 0 Å². The van der Waals surface area contributed by atoms with Gasteiger partial charge in [-0.1, -0.05) is 20.8 Å². The molecule has 112 valence electrons. The highest BCUT2D eigenvalue weighted by Gasteiger charge is 2.22. The standard InChI is InChI=1S/C14H23N3O3/c1-14(2,3)10-11(9-13(19)20)16-12(18)5-8-17-7-4-6-15-17/h4,6-7,11H,5,8-10H2,1-3H3,(H,16,18)(H,19,20). The Morgan fingerprint density at radius 3 is 2.60 bits per heavy atom. The topological polar surface area (TPSA) is 84.2 Å². The van der Waals surface area contributed by atoms with E-state index in [2.05, 4.69) is 10.4 Å². The maximum absolute atomic E-state index is 11.9. The lowest BCUT2D eigenvalue weighted by atomic mass is 9.87. The molecule has 0 saturated carbocycles. The van der Waals surface area contributed by atoms with Gasteiger partial charge in [-0.05, 0) is 17.9 Å². The molecule has 1 rings (SSSR count). The van der Waals surface area contributed by atoms with Crippen LogP contribution in [0.15, 0.2) is 18.5 Å². The number of carboxylic acid groups (broad SMARTS) is 1. The van der Waals surface area contributed by atoms with E-state index in [0.29, 0.717) is 19.4 Å². The van der Waals surface area contributed by atoms with Crippen molar-refractivity contribution in [3.8, 4) is 0 Å². The molecule has 0 spiro atoms. The SMILES string of the molecule is CC(C)(C)CC(CC(=O)O)NC(=O)CCn1cccn1. The first kappa shape index (κ1) is 16.2. The smallest absolute Gasteiger partial charge is 0.305 e. The monoisotopic (exact) mass is 281 g/mol. The Balaban J connectivity index is 2.46. The van der Waals surface area contributed by atoms with Crippen molar-refractivity contribution in [3.63, 3.8) is 0 Å². The van der Waals surface area contributed by atoms with Crippen LogP contribution in [0.3, 0.4) is 0 Å². The summed E-state index contributed by atoms with van der Waals surface area (Å²) in [6, 6.07) is 1.46. The van der Waals surface area contributed by atoms with E-state index >= 15 is 0 Å². The first-order valence-electron chi connectivity index (χ1n) is 6.75. The molecular weight excluding hydrogens is 258 g/mol. The van der Waals surface area contributed by atoms with Gasteiger partial charge in [-0.2, -0.15) is 5.10 Å². The van der Waals surface area contributed by atoms with E-state index in [4.69, 9.17) is 5.11 Å². The summed E-state index contributed by atoms with van der Waals surface area (Å²) in [5, 5.41) is 15.7. The minimum Gasteiger partial charge on any atom is -0.481 e. The average Bonchev–Trinajstić information content (AvgIpc) is 2.75. The van der Waals surface area contributed by atoms with E-state index in [1.54, 1.807) is 23.1 Å². The second-order valence-electron chi connectivity index (χ2n) is 6.15. The number of carbonyl (C=O) groups excluding carboxylic acids is 1. The van der Waals surface area contributed by atoms with Gasteiger partial charge in [0, 0.05) is 31.4 Å². The van der Waals surface area contributed by atoms with Crippen LogP contribution in [-0.2, 0) is 16.1 Å². The number of aryl methyl sites for hydroxylation is 1. The fraction of sp³-hybridized carbons (Fsp3) is 0.643. The van der Waals surface area contributed by atoms with Gasteiger partial charge in [-0.15, -0.1) is 0 Å². The Morgan fingerprint density at radius 2 is 2.10 bits per heavy atom. The van der Waals surface area contributed by atoms with Crippen molar-refractivity contribution in [1.82, 2.24) is 15.1 Å². The number of aliphatic carboxylic acids is 1. The number of hydrogen-bond acceptors (Lipinski definition) is 3. The van der Waals surface area contributed by atoms with Crippen LogP contribution in [-0.4, -0.2) is 32.8 Å². The molecule has 1 heterocycles. The minimum atomic E-state index is -0.897. The molecule has 0 saturated heterocycles. The van der Waals surface area contributed by atoms with E-state index in [-0.39, 0.29) is 23.8 Å². The van der Waals surface area contributed by atoms with E-state index in [9.17, 15) is 9.59 Å². The third kappa shape index (κ3) is 6.92. The van der Waals surface area contributed by atoms with Gasteiger partial charge in [0.05, 0.1) is 6.42 Å². The molecule has 20 heavy (non-hydrogen) atoms. The molecule has 0 aliphatic carbocycles. The molecule has 1 aromatic rings. The Morgan fingerprint density at radius 1 is 1.40 bits per heavy atom. The summed E-state index contributed by atoms with van der Waals surface area (Å²) in [4.78, 5) is 22.7. The number of nitrogens with one attached hydrogen (secondary N) is 1. The van der Waals surface area contributed by atoms with E-state index in [1.165, 1.54) is 0 Å². The Bertz CT molecular complexity index is 435. The van der Waals surface area contributed by atoms with E-state index < -0.39 is 5.97 Å². The summed E-state index contributed by atoms with van der Waals surface area (Å²) in [6.07, 6.45) is 4.32. The molecule has 0 fully saturated rings. The third-order valence-electron chi connectivity index (χ3n) is 2.77. The second kappa shape index (κ2) is 7.07. The molecule has 0 bridgehead atoms. The first-order chi connectivity index (χ1) is 9.26. The fourth-order valence-electron chi connectivity index (χ4n) is 2.07. The third-order valence-corrected chi connectivity index (χ3v) is 2.77. The number of hydrogen-bond donors (Lipinski definition) is 2. The predicted molar refractivity (Wildman–Crippen MR) is 75.1 cm³/mol. The zero-order valence-corrected chi connectivity index (χ0v) is 12.3. The van der Waals surface area contributed by atoms with Crippen molar-refractivity contribution in [2.45, 2.75) is 52.6 Å². The molecule has 0 radical (unpaired) electrons. The van der Waals surface area contributed by atoms with Crippen molar-refractivity contribution in [2.75, 3.05) is 0 Å². The van der Waals surface area contributed by atoms with Crippen LogP contribution < -0.4 is 5.32 Å². The van der Waals surface area contributed by atoms with Gasteiger partial charge in [0.25, 0.3) is 0 Å². The fourth-order valence-corrected chi connectivity index (χ4v) is 2.07. The zero-order chi connectivity index (χ0) is 15.2. The maximum atomic E-state index is 11.9. The Labute approximate surface area is 119 Å². The number of rotatable bonds is 7. The Kier molecular flexibility index (Phi) is 5.73. The molecule has 0 aromatic carbocycles. The summed E-state index contributed by atoms with van der Waals surface area (Å²) >= 11 is 0. The lowest BCUT2D eigenvalue weighted by Crippen LogP contribution is -2.39. The van der Waals surface area contributed by atoms with Gasteiger partial charge >= 0.3 is 5.97 Å². The van der Waals surface area contributed by atoms with Crippen LogP contribution in [0.2, 0.25) is 0 Å². The minimum absolute atomic E-state index is 0.0324. The van der Waals surface area contributed by atoms with E-state index in [0.717, 1.165) is 0 Å².